The van der Waals surface area contributed by atoms with Gasteiger partial charge in [-0.25, -0.2) is 0 Å². The highest BCUT2D eigenvalue weighted by Gasteiger charge is 2.30. The van der Waals surface area contributed by atoms with Crippen LogP contribution in [0.5, 0.6) is 0 Å². The molecule has 0 aromatic carbocycles. The zero-order valence-electron chi connectivity index (χ0n) is 10.2. The van der Waals surface area contributed by atoms with Crippen molar-refractivity contribution in [3.8, 4) is 0 Å². The lowest BCUT2D eigenvalue weighted by Crippen LogP contribution is -2.50. The summed E-state index contributed by atoms with van der Waals surface area (Å²) in [4.78, 5) is 11.9. The first-order valence-electron chi connectivity index (χ1n) is 6.18. The van der Waals surface area contributed by atoms with E-state index in [2.05, 4.69) is 17.6 Å². The molecule has 2 unspecified atom stereocenters. The van der Waals surface area contributed by atoms with Crippen LogP contribution in [0, 0.1) is 17.8 Å². The molecule has 2 atom stereocenters. The molecule has 1 amide bonds. The highest BCUT2D eigenvalue weighted by Crippen LogP contribution is 2.33. The lowest BCUT2D eigenvalue weighted by Gasteiger charge is -2.32. The monoisotopic (exact) mass is 246 g/mol. The Morgan fingerprint density at radius 3 is 2.44 bits per heavy atom. The Kier molecular flexibility index (Phi) is 5.06. The van der Waals surface area contributed by atoms with Crippen molar-refractivity contribution in [2.45, 2.75) is 39.2 Å². The molecule has 2 fully saturated rings. The predicted octanol–water partition coefficient (Wildman–Crippen LogP) is 1.57. The van der Waals surface area contributed by atoms with Gasteiger partial charge < -0.3 is 10.6 Å². The summed E-state index contributed by atoms with van der Waals surface area (Å²) >= 11 is 0. The molecule has 3 nitrogen and oxygen atoms in total. The standard InChI is InChI=1S/C12H22N2O.ClH/c1-8(5-10-3-4-10)14-12(15)9(2)11-6-13-7-11;/h8-11,13H,3-7H2,1-2H3,(H,14,15);1H. The van der Waals surface area contributed by atoms with Crippen molar-refractivity contribution >= 4 is 18.3 Å². The van der Waals surface area contributed by atoms with Gasteiger partial charge in [0.25, 0.3) is 0 Å². The average Bonchev–Trinajstić information content (AvgIpc) is 2.84. The van der Waals surface area contributed by atoms with Gasteiger partial charge >= 0.3 is 0 Å². The molecule has 0 spiro atoms. The second kappa shape index (κ2) is 5.87. The second-order valence-corrected chi connectivity index (χ2v) is 5.30. The maximum absolute atomic E-state index is 11.9. The van der Waals surface area contributed by atoms with Gasteiger partial charge in [-0.1, -0.05) is 19.8 Å². The minimum absolute atomic E-state index is 0. The van der Waals surface area contributed by atoms with Crippen molar-refractivity contribution in [3.63, 3.8) is 0 Å². The van der Waals surface area contributed by atoms with Crippen molar-refractivity contribution in [1.29, 1.82) is 0 Å². The number of hydrogen-bond acceptors (Lipinski definition) is 2. The maximum Gasteiger partial charge on any atom is 0.223 e. The zero-order valence-corrected chi connectivity index (χ0v) is 11.0. The quantitative estimate of drug-likeness (QED) is 0.773. The molecule has 1 aliphatic heterocycles. The van der Waals surface area contributed by atoms with Gasteiger partial charge in [0.05, 0.1) is 0 Å². The first-order valence-corrected chi connectivity index (χ1v) is 6.18. The Morgan fingerprint density at radius 2 is 2.00 bits per heavy atom. The van der Waals surface area contributed by atoms with E-state index in [-0.39, 0.29) is 24.2 Å². The van der Waals surface area contributed by atoms with E-state index in [9.17, 15) is 4.79 Å². The largest absolute Gasteiger partial charge is 0.353 e. The minimum Gasteiger partial charge on any atom is -0.353 e. The Morgan fingerprint density at radius 1 is 1.38 bits per heavy atom. The van der Waals surface area contributed by atoms with E-state index in [0.717, 1.165) is 19.0 Å². The van der Waals surface area contributed by atoms with Crippen molar-refractivity contribution < 1.29 is 4.79 Å². The minimum atomic E-state index is 0. The first-order chi connectivity index (χ1) is 7.16. The summed E-state index contributed by atoms with van der Waals surface area (Å²) in [5, 5.41) is 6.35. The number of rotatable bonds is 5. The molecule has 2 rings (SSSR count). The molecule has 1 saturated heterocycles. The molecule has 16 heavy (non-hydrogen) atoms. The second-order valence-electron chi connectivity index (χ2n) is 5.30. The molecule has 1 saturated carbocycles. The van der Waals surface area contributed by atoms with Gasteiger partial charge in [-0.05, 0) is 38.3 Å². The van der Waals surface area contributed by atoms with E-state index < -0.39 is 0 Å². The third-order valence-corrected chi connectivity index (χ3v) is 3.71. The van der Waals surface area contributed by atoms with Crippen LogP contribution in [0.15, 0.2) is 0 Å². The molecule has 2 aliphatic rings. The number of nitrogens with one attached hydrogen (secondary N) is 2. The molecule has 0 aromatic heterocycles. The molecular weight excluding hydrogens is 224 g/mol. The van der Waals surface area contributed by atoms with Gasteiger partial charge in [0.1, 0.15) is 0 Å². The molecule has 1 heterocycles. The molecule has 0 radical (unpaired) electrons. The third-order valence-electron chi connectivity index (χ3n) is 3.71. The van der Waals surface area contributed by atoms with E-state index in [4.69, 9.17) is 0 Å². The Bertz CT molecular complexity index is 239. The average molecular weight is 247 g/mol. The summed E-state index contributed by atoms with van der Waals surface area (Å²) in [5.41, 5.74) is 0. The predicted molar refractivity (Wildman–Crippen MR) is 67.7 cm³/mol. The number of hydrogen-bond donors (Lipinski definition) is 2. The van der Waals surface area contributed by atoms with Crippen LogP contribution in [0.4, 0.5) is 0 Å². The van der Waals surface area contributed by atoms with Crippen molar-refractivity contribution in [1.82, 2.24) is 10.6 Å². The molecule has 94 valence electrons. The molecular formula is C12H23ClN2O. The highest BCUT2D eigenvalue weighted by molar-refractivity contribution is 5.85. The van der Waals surface area contributed by atoms with E-state index in [1.54, 1.807) is 0 Å². The van der Waals surface area contributed by atoms with E-state index in [1.807, 2.05) is 6.92 Å². The molecule has 0 aromatic rings. The smallest absolute Gasteiger partial charge is 0.223 e. The fourth-order valence-electron chi connectivity index (χ4n) is 2.17. The lowest BCUT2D eigenvalue weighted by molar-refractivity contribution is -0.127. The Hall–Kier alpha value is -0.280. The fraction of sp³-hybridized carbons (Fsp3) is 0.917. The van der Waals surface area contributed by atoms with E-state index in [1.165, 1.54) is 19.3 Å². The van der Waals surface area contributed by atoms with Crippen LogP contribution in [-0.2, 0) is 4.79 Å². The summed E-state index contributed by atoms with van der Waals surface area (Å²) in [5.74, 6) is 1.86. The number of amides is 1. The lowest BCUT2D eigenvalue weighted by atomic mass is 9.88. The molecule has 4 heteroatoms. The van der Waals surface area contributed by atoms with Gasteiger partial charge in [-0.15, -0.1) is 12.4 Å². The number of carbonyl (C=O) groups excluding carboxylic acids is 1. The van der Waals surface area contributed by atoms with Gasteiger partial charge in [0.15, 0.2) is 0 Å². The molecule has 0 bridgehead atoms. The van der Waals surface area contributed by atoms with Crippen LogP contribution in [0.3, 0.4) is 0 Å². The molecule has 2 N–H and O–H groups in total. The number of carbonyl (C=O) groups is 1. The van der Waals surface area contributed by atoms with Gasteiger partial charge in [-0.3, -0.25) is 4.79 Å². The normalized spacial score (nSPS) is 23.9. The van der Waals surface area contributed by atoms with Crippen LogP contribution < -0.4 is 10.6 Å². The van der Waals surface area contributed by atoms with Crippen LogP contribution in [0.2, 0.25) is 0 Å². The van der Waals surface area contributed by atoms with E-state index >= 15 is 0 Å². The van der Waals surface area contributed by atoms with Gasteiger partial charge in [0, 0.05) is 12.0 Å². The van der Waals surface area contributed by atoms with Crippen LogP contribution in [0.25, 0.3) is 0 Å². The van der Waals surface area contributed by atoms with Crippen molar-refractivity contribution in [3.05, 3.63) is 0 Å². The van der Waals surface area contributed by atoms with Crippen molar-refractivity contribution in [2.75, 3.05) is 13.1 Å². The zero-order chi connectivity index (χ0) is 10.8. The highest BCUT2D eigenvalue weighted by atomic mass is 35.5. The fourth-order valence-corrected chi connectivity index (χ4v) is 2.17. The van der Waals surface area contributed by atoms with Crippen LogP contribution in [-0.4, -0.2) is 25.0 Å². The van der Waals surface area contributed by atoms with Crippen molar-refractivity contribution in [2.24, 2.45) is 17.8 Å². The third kappa shape index (κ3) is 3.63. The summed E-state index contributed by atoms with van der Waals surface area (Å²) in [6.45, 7) is 6.18. The Balaban J connectivity index is 0.00000128. The summed E-state index contributed by atoms with van der Waals surface area (Å²) in [6, 6.07) is 0.362. The summed E-state index contributed by atoms with van der Waals surface area (Å²) < 4.78 is 0. The van der Waals surface area contributed by atoms with Crippen LogP contribution >= 0.6 is 12.4 Å². The molecule has 1 aliphatic carbocycles. The van der Waals surface area contributed by atoms with Gasteiger partial charge in [0.2, 0.25) is 5.91 Å². The number of halogens is 1. The van der Waals surface area contributed by atoms with E-state index in [0.29, 0.717) is 12.0 Å². The summed E-state index contributed by atoms with van der Waals surface area (Å²) in [6.07, 6.45) is 3.89. The first kappa shape index (κ1) is 13.8. The van der Waals surface area contributed by atoms with Gasteiger partial charge in [-0.2, -0.15) is 0 Å². The SMILES string of the molecule is CC(CC1CC1)NC(=O)C(C)C1CNC1.Cl. The summed E-state index contributed by atoms with van der Waals surface area (Å²) in [7, 11) is 0. The maximum atomic E-state index is 11.9. The Labute approximate surface area is 104 Å². The topological polar surface area (TPSA) is 41.1 Å². The van der Waals surface area contributed by atoms with Crippen LogP contribution in [0.1, 0.15) is 33.1 Å².